The molecule has 6 aliphatic rings. The Morgan fingerprint density at radius 2 is 0.734 bits per heavy atom. The van der Waals surface area contributed by atoms with Gasteiger partial charge in [0.2, 0.25) is 11.8 Å². The summed E-state index contributed by atoms with van der Waals surface area (Å²) in [5.41, 5.74) is 1.44. The van der Waals surface area contributed by atoms with Gasteiger partial charge in [0.05, 0.1) is 98.7 Å². The van der Waals surface area contributed by atoms with Crippen molar-refractivity contribution in [3.8, 4) is 34.5 Å². The number of hydrogen-bond acceptors (Lipinski definition) is 31. The van der Waals surface area contributed by atoms with Crippen LogP contribution in [0.4, 0.5) is 14.4 Å². The normalized spacial score (nSPS) is 22.7. The van der Waals surface area contributed by atoms with Crippen molar-refractivity contribution in [2.24, 2.45) is 23.5 Å². The predicted molar refractivity (Wildman–Crippen MR) is 465 cm³/mol. The van der Waals surface area contributed by atoms with Crippen LogP contribution in [0.5, 0.6) is 34.5 Å². The molecule has 3 saturated carbocycles. The molecule has 0 bridgehead atoms. The van der Waals surface area contributed by atoms with E-state index in [1.54, 1.807) is 156 Å². The van der Waals surface area contributed by atoms with Gasteiger partial charge in [-0.3, -0.25) is 29.1 Å². The lowest BCUT2D eigenvalue weighted by Crippen LogP contribution is -2.53. The average molecular weight is 1810 g/mol. The van der Waals surface area contributed by atoms with Crippen molar-refractivity contribution in [1.29, 1.82) is 0 Å². The summed E-state index contributed by atoms with van der Waals surface area (Å²) in [5, 5.41) is 17.0. The molecule has 3 aromatic carbocycles. The number of pyridine rings is 3. The molecule has 3 aliphatic carbocycles. The number of ether oxygens (including phenoxy) is 15. The number of aromatic nitrogens is 3. The summed E-state index contributed by atoms with van der Waals surface area (Å²) < 4.78 is 80.8. The Balaban J connectivity index is 0.000000224. The number of hydrogen-bond donors (Lipinski definition) is 4. The third-order valence-corrected chi connectivity index (χ3v) is 21.1. The number of esters is 6. The Hall–Kier alpha value is -12.8. The highest BCUT2D eigenvalue weighted by molar-refractivity contribution is 5.99. The molecule has 3 aliphatic heterocycles. The van der Waals surface area contributed by atoms with E-state index in [-0.39, 0.29) is 105 Å². The van der Waals surface area contributed by atoms with E-state index in [4.69, 9.17) is 76.8 Å². The number of carbonyl (C=O) groups excluding carboxylic acids is 11. The van der Waals surface area contributed by atoms with Gasteiger partial charge in [-0.1, -0.05) is 18.2 Å². The van der Waals surface area contributed by atoms with Crippen molar-refractivity contribution in [3.63, 3.8) is 0 Å². The lowest BCUT2D eigenvalue weighted by molar-refractivity contribution is -0.150. The molecular formula is C90H114ClN9O28. The Labute approximate surface area is 746 Å². The van der Waals surface area contributed by atoms with E-state index in [0.29, 0.717) is 93.1 Å². The molecule has 5 amide bonds. The summed E-state index contributed by atoms with van der Waals surface area (Å²) in [6, 6.07) is 16.6. The molecule has 3 saturated heterocycles. The molecule has 694 valence electrons. The number of methoxy groups -OCH3 is 6. The smallest absolute Gasteiger partial charge is 0.411 e. The molecule has 12 atom stereocenters. The Kier molecular flexibility index (Phi) is 32.8. The number of likely N-dealkylation sites (tertiary alicyclic amines) is 3. The number of halogens is 1. The lowest BCUT2D eigenvalue weighted by atomic mass is 10.1. The SMILES string of the molecule is C=CC1CC1(N)C(=O)OCC.C=C[C@@H]1C[C@]1(NC(=O)[C@@H]1C[C@@H](Oc2cc(C(=O)OC)nc3cc(OC)ccc23)CN1C(=O)OC(C)(C)C)C(=O)OCC.C=C[C@H]1C[C@]1(NC(=O)[C@@H]1C[C@@H](Oc2cc(C(=O)OC)nc3cc(OC)ccc23)CN1C(=O)OC(C)(C)C)C(=O)OCC.COC(=O)c1cc(O[C@@H]2C[C@@H](C(=O)O)N(C(=O)OC(C)(C)C)C2)c2ccc(OC)cc2n1.Cl. The van der Waals surface area contributed by atoms with E-state index in [0.717, 1.165) is 4.90 Å². The van der Waals surface area contributed by atoms with Crippen molar-refractivity contribution in [3.05, 3.63) is 128 Å². The summed E-state index contributed by atoms with van der Waals surface area (Å²) in [6.07, 6.45) is 2.44. The van der Waals surface area contributed by atoms with Crippen LogP contribution in [0.2, 0.25) is 0 Å². The van der Waals surface area contributed by atoms with Gasteiger partial charge in [-0.05, 0) is 139 Å². The molecule has 6 aromatic rings. The van der Waals surface area contributed by atoms with Gasteiger partial charge in [-0.2, -0.15) is 0 Å². The first-order chi connectivity index (χ1) is 59.9. The fourth-order valence-electron chi connectivity index (χ4n) is 14.5. The van der Waals surface area contributed by atoms with Crippen molar-refractivity contribution in [2.45, 2.75) is 191 Å². The molecular weight excluding hydrogens is 1690 g/mol. The maximum atomic E-state index is 13.7. The predicted octanol–water partition coefficient (Wildman–Crippen LogP) is 10.6. The second-order valence-corrected chi connectivity index (χ2v) is 33.6. The minimum Gasteiger partial charge on any atom is -0.497 e. The van der Waals surface area contributed by atoms with Crippen LogP contribution in [0, 0.1) is 17.8 Å². The quantitative estimate of drug-likeness (QED) is 0.0223. The number of aliphatic carboxylic acids is 1. The lowest BCUT2D eigenvalue weighted by Gasteiger charge is -2.28. The van der Waals surface area contributed by atoms with E-state index in [9.17, 15) is 62.6 Å². The van der Waals surface area contributed by atoms with E-state index >= 15 is 0 Å². The highest BCUT2D eigenvalue weighted by atomic mass is 35.5. The maximum absolute atomic E-state index is 13.7. The molecule has 128 heavy (non-hydrogen) atoms. The number of amides is 5. The van der Waals surface area contributed by atoms with Crippen LogP contribution in [0.1, 0.15) is 153 Å². The number of carboxylic acids is 1. The minimum atomic E-state index is -1.23. The molecule has 0 spiro atoms. The molecule has 6 fully saturated rings. The highest BCUT2D eigenvalue weighted by Crippen LogP contribution is 2.48. The monoisotopic (exact) mass is 1800 g/mol. The van der Waals surface area contributed by atoms with Crippen LogP contribution in [-0.4, -0.2) is 259 Å². The zero-order valence-corrected chi connectivity index (χ0v) is 75.9. The van der Waals surface area contributed by atoms with Crippen molar-refractivity contribution in [2.75, 3.05) is 82.1 Å². The molecule has 0 radical (unpaired) electrons. The molecule has 5 N–H and O–H groups in total. The number of nitrogens with two attached hydrogens (primary N) is 1. The van der Waals surface area contributed by atoms with Gasteiger partial charge >= 0.3 is 60.1 Å². The fourth-order valence-corrected chi connectivity index (χ4v) is 14.5. The topological polar surface area (TPSA) is 462 Å². The average Bonchev–Trinajstić information content (AvgIpc) is 1.58. The summed E-state index contributed by atoms with van der Waals surface area (Å²) in [4.78, 5) is 168. The zero-order chi connectivity index (χ0) is 93.8. The number of nitrogens with one attached hydrogen (secondary N) is 2. The first-order valence-corrected chi connectivity index (χ1v) is 41.1. The number of rotatable bonds is 26. The molecule has 3 aromatic heterocycles. The summed E-state index contributed by atoms with van der Waals surface area (Å²) in [7, 11) is 8.29. The number of nitrogens with zero attached hydrogens (tertiary/aromatic N) is 6. The van der Waals surface area contributed by atoms with E-state index in [1.807, 2.05) is 0 Å². The van der Waals surface area contributed by atoms with Gasteiger partial charge in [0.1, 0.15) is 104 Å². The van der Waals surface area contributed by atoms with Crippen molar-refractivity contribution < 1.29 is 134 Å². The molecule has 2 unspecified atom stereocenters. The van der Waals surface area contributed by atoms with Crippen LogP contribution in [0.3, 0.4) is 0 Å². The van der Waals surface area contributed by atoms with Gasteiger partial charge in [0.25, 0.3) is 0 Å². The third kappa shape index (κ3) is 24.1. The first-order valence-electron chi connectivity index (χ1n) is 41.1. The molecule has 37 nitrogen and oxygen atoms in total. The molecule has 12 rings (SSSR count). The van der Waals surface area contributed by atoms with Crippen molar-refractivity contribution in [1.82, 2.24) is 40.3 Å². The second-order valence-electron chi connectivity index (χ2n) is 33.6. The Morgan fingerprint density at radius 1 is 0.445 bits per heavy atom. The summed E-state index contributed by atoms with van der Waals surface area (Å²) in [5.74, 6) is -3.51. The third-order valence-electron chi connectivity index (χ3n) is 21.1. The highest BCUT2D eigenvalue weighted by Gasteiger charge is 2.64. The number of carbonyl (C=O) groups is 12. The number of fused-ring (bicyclic) bond motifs is 3. The van der Waals surface area contributed by atoms with Crippen LogP contribution >= 0.6 is 12.4 Å². The maximum Gasteiger partial charge on any atom is 0.411 e. The second kappa shape index (κ2) is 41.8. The van der Waals surface area contributed by atoms with Gasteiger partial charge in [0, 0.05) is 89.6 Å². The number of benzene rings is 3. The van der Waals surface area contributed by atoms with Crippen LogP contribution in [-0.2, 0) is 71.4 Å². The van der Waals surface area contributed by atoms with Gasteiger partial charge in [-0.25, -0.2) is 58.1 Å². The molecule has 6 heterocycles. The van der Waals surface area contributed by atoms with Gasteiger partial charge < -0.3 is 92.5 Å². The minimum absolute atomic E-state index is 0. The van der Waals surface area contributed by atoms with E-state index in [2.05, 4.69) is 45.3 Å². The standard InChI is InChI=1S/2C30H37N3O9.C22H26N2O8.C8H13NO2.ClH/c2*1-8-17-15-30(17,27(36)40-9-2)32-25(34)23-13-19(16-33(23)28(37)42-29(3,4)5)41-24-14-22(26(35)39-7)31-21-12-18(38-6)10-11-20(21)24;1-22(2,3)32-21(28)24-11-13(9-17(24)19(25)26)31-18-10-16(20(27)30-5)23-15-8-12(29-4)6-7-14(15)18;1-3-6-5-8(6,9)7(10)11-4-2;/h2*8,10-12,14,17,19,23H,1,9,13,15-16H2,2-7H3,(H,32,34);6-8,10,13,17H,9,11H2,1-5H3,(H,25,26);3,6H,1,4-5,9H2,2H3;1H/t17-,19+,23-,30+;17-,19-,23+,30-;13-,17+;;/m011../s1. The Morgan fingerprint density at radius 3 is 0.984 bits per heavy atom. The van der Waals surface area contributed by atoms with E-state index in [1.165, 1.54) is 70.7 Å². The Bertz CT molecular complexity index is 4990. The zero-order valence-electron chi connectivity index (χ0n) is 75.1. The van der Waals surface area contributed by atoms with Crippen molar-refractivity contribution >= 4 is 117 Å². The fraction of sp³-hybridized carbons (Fsp3) is 0.500. The van der Waals surface area contributed by atoms with Crippen LogP contribution < -0.4 is 44.8 Å². The summed E-state index contributed by atoms with van der Waals surface area (Å²) in [6.45, 7) is 32.4. The van der Waals surface area contributed by atoms with Crippen LogP contribution in [0.25, 0.3) is 32.7 Å². The van der Waals surface area contributed by atoms with Gasteiger partial charge in [-0.15, -0.1) is 32.1 Å². The largest absolute Gasteiger partial charge is 0.497 e. The van der Waals surface area contributed by atoms with Gasteiger partial charge in [0.15, 0.2) is 17.1 Å². The number of carboxylic acid groups (broad SMARTS) is 1. The molecule has 38 heteroatoms. The first kappa shape index (κ1) is 101. The van der Waals surface area contributed by atoms with E-state index < -0.39 is 136 Å². The summed E-state index contributed by atoms with van der Waals surface area (Å²) >= 11 is 0. The van der Waals surface area contributed by atoms with Crippen LogP contribution in [0.15, 0.2) is 111 Å².